The van der Waals surface area contributed by atoms with Gasteiger partial charge in [-0.25, -0.2) is 19.4 Å². The van der Waals surface area contributed by atoms with Gasteiger partial charge in [-0.3, -0.25) is 0 Å². The van der Waals surface area contributed by atoms with Crippen molar-refractivity contribution in [2.45, 2.75) is 0 Å². The highest BCUT2D eigenvalue weighted by molar-refractivity contribution is 5.85. The van der Waals surface area contributed by atoms with E-state index in [2.05, 4.69) is 20.3 Å². The van der Waals surface area contributed by atoms with E-state index in [9.17, 15) is 4.79 Å². The normalized spacial score (nSPS) is 10.0. The quantitative estimate of drug-likeness (QED) is 0.703. The molecule has 0 spiro atoms. The average Bonchev–Trinajstić information content (AvgIpc) is 2.67. The van der Waals surface area contributed by atoms with Crippen LogP contribution in [-0.2, 0) is 0 Å². The van der Waals surface area contributed by atoms with E-state index in [-0.39, 0.29) is 5.69 Å². The molecule has 0 saturated heterocycles. The van der Waals surface area contributed by atoms with Crippen LogP contribution in [-0.4, -0.2) is 36.0 Å². The summed E-state index contributed by atoms with van der Waals surface area (Å²) in [5.74, 6) is -1.10. The Morgan fingerprint density at radius 1 is 1.29 bits per heavy atom. The zero-order chi connectivity index (χ0) is 9.97. The van der Waals surface area contributed by atoms with Gasteiger partial charge in [-0.15, -0.1) is 5.10 Å². The fourth-order valence-electron chi connectivity index (χ4n) is 0.972. The van der Waals surface area contributed by atoms with Crippen LogP contribution in [0, 0.1) is 0 Å². The van der Waals surface area contributed by atoms with E-state index in [1.54, 1.807) is 0 Å². The van der Waals surface area contributed by atoms with Crippen molar-refractivity contribution in [3.63, 3.8) is 0 Å². The molecule has 0 aromatic carbocycles. The van der Waals surface area contributed by atoms with E-state index in [0.717, 1.165) is 10.9 Å². The van der Waals surface area contributed by atoms with Gasteiger partial charge in [0.1, 0.15) is 12.0 Å². The molecule has 7 heteroatoms. The third-order valence-corrected chi connectivity index (χ3v) is 1.56. The molecule has 1 N–H and O–H groups in total. The third kappa shape index (κ3) is 1.30. The zero-order valence-electron chi connectivity index (χ0n) is 6.90. The summed E-state index contributed by atoms with van der Waals surface area (Å²) in [6.45, 7) is 0. The Hall–Kier alpha value is -2.31. The van der Waals surface area contributed by atoms with Crippen LogP contribution in [0.3, 0.4) is 0 Å². The number of carbonyl (C=O) groups is 1. The Kier molecular flexibility index (Phi) is 1.90. The minimum Gasteiger partial charge on any atom is -0.476 e. The van der Waals surface area contributed by atoms with Gasteiger partial charge < -0.3 is 5.11 Å². The maximum atomic E-state index is 10.7. The van der Waals surface area contributed by atoms with Gasteiger partial charge in [0.2, 0.25) is 0 Å². The molecule has 2 heterocycles. The molecule has 2 rings (SSSR count). The molecule has 0 amide bonds. The number of carboxylic acids is 1. The first-order valence-corrected chi connectivity index (χ1v) is 3.68. The molecular weight excluding hydrogens is 186 g/mol. The van der Waals surface area contributed by atoms with Crippen molar-refractivity contribution in [3.8, 4) is 5.69 Å². The minimum atomic E-state index is -1.10. The number of rotatable bonds is 2. The summed E-state index contributed by atoms with van der Waals surface area (Å²) in [5.41, 5.74) is 0.433. The maximum Gasteiger partial charge on any atom is 0.356 e. The molecule has 2 aromatic rings. The zero-order valence-corrected chi connectivity index (χ0v) is 6.90. The van der Waals surface area contributed by atoms with Gasteiger partial charge in [0.15, 0.2) is 5.69 Å². The topological polar surface area (TPSA) is 93.8 Å². The van der Waals surface area contributed by atoms with E-state index in [1.807, 2.05) is 0 Å². The van der Waals surface area contributed by atoms with Crippen LogP contribution in [0.5, 0.6) is 0 Å². The van der Waals surface area contributed by atoms with Crippen molar-refractivity contribution in [2.24, 2.45) is 0 Å². The van der Waals surface area contributed by atoms with Crippen molar-refractivity contribution in [1.29, 1.82) is 0 Å². The van der Waals surface area contributed by atoms with Crippen molar-refractivity contribution in [3.05, 3.63) is 30.6 Å². The van der Waals surface area contributed by atoms with Gasteiger partial charge in [0.25, 0.3) is 0 Å². The highest BCUT2D eigenvalue weighted by Crippen LogP contribution is 2.05. The largest absolute Gasteiger partial charge is 0.476 e. The molecule has 7 nitrogen and oxygen atoms in total. The first-order chi connectivity index (χ1) is 6.79. The molecule has 0 atom stereocenters. The fourth-order valence-corrected chi connectivity index (χ4v) is 0.972. The monoisotopic (exact) mass is 191 g/mol. The Labute approximate surface area is 78.0 Å². The molecular formula is C7H5N5O2. The molecule has 2 aromatic heterocycles. The van der Waals surface area contributed by atoms with Crippen LogP contribution >= 0.6 is 0 Å². The molecule has 0 aliphatic heterocycles. The summed E-state index contributed by atoms with van der Waals surface area (Å²) >= 11 is 0. The first kappa shape index (κ1) is 8.30. The lowest BCUT2D eigenvalue weighted by Crippen LogP contribution is -2.08. The third-order valence-electron chi connectivity index (χ3n) is 1.56. The number of nitrogens with zero attached hydrogens (tertiary/aromatic N) is 5. The Bertz CT molecular complexity index is 452. The Morgan fingerprint density at radius 2 is 2.00 bits per heavy atom. The second-order valence-corrected chi connectivity index (χ2v) is 2.43. The summed E-state index contributed by atoms with van der Waals surface area (Å²) in [6.07, 6.45) is 5.42. The van der Waals surface area contributed by atoms with Gasteiger partial charge >= 0.3 is 5.97 Å². The highest BCUT2D eigenvalue weighted by atomic mass is 16.4. The molecule has 0 bridgehead atoms. The molecule has 0 aliphatic rings. The summed E-state index contributed by atoms with van der Waals surface area (Å²) in [4.78, 5) is 18.2. The van der Waals surface area contributed by atoms with E-state index >= 15 is 0 Å². The molecule has 0 fully saturated rings. The molecule has 70 valence electrons. The summed E-state index contributed by atoms with van der Waals surface area (Å²) < 4.78 is 1.16. The second kappa shape index (κ2) is 3.21. The second-order valence-electron chi connectivity index (χ2n) is 2.43. The number of hydrogen-bond donors (Lipinski definition) is 1. The molecule has 0 radical (unpaired) electrons. The summed E-state index contributed by atoms with van der Waals surface area (Å²) in [6, 6.07) is 0. The Morgan fingerprint density at radius 3 is 2.64 bits per heavy atom. The van der Waals surface area contributed by atoms with Gasteiger partial charge in [-0.1, -0.05) is 5.21 Å². The smallest absolute Gasteiger partial charge is 0.356 e. The van der Waals surface area contributed by atoms with Gasteiger partial charge in [0.05, 0.1) is 18.6 Å². The maximum absolute atomic E-state index is 10.7. The van der Waals surface area contributed by atoms with Crippen LogP contribution in [0.15, 0.2) is 24.9 Å². The van der Waals surface area contributed by atoms with E-state index in [0.29, 0.717) is 5.69 Å². The minimum absolute atomic E-state index is 0.0280. The molecule has 0 aliphatic carbocycles. The lowest BCUT2D eigenvalue weighted by atomic mass is 10.4. The van der Waals surface area contributed by atoms with Crippen LogP contribution in [0.25, 0.3) is 5.69 Å². The van der Waals surface area contributed by atoms with Crippen molar-refractivity contribution < 1.29 is 9.90 Å². The van der Waals surface area contributed by atoms with Crippen LogP contribution in [0.1, 0.15) is 10.5 Å². The van der Waals surface area contributed by atoms with E-state index < -0.39 is 5.97 Å². The number of carboxylic acid groups (broad SMARTS) is 1. The SMILES string of the molecule is O=C(O)c1cnnn1-c1cncnc1. The van der Waals surface area contributed by atoms with Crippen LogP contribution in [0.2, 0.25) is 0 Å². The predicted molar refractivity (Wildman–Crippen MR) is 43.9 cm³/mol. The van der Waals surface area contributed by atoms with Gasteiger partial charge in [-0.2, -0.15) is 0 Å². The van der Waals surface area contributed by atoms with E-state index in [1.165, 1.54) is 18.7 Å². The van der Waals surface area contributed by atoms with Gasteiger partial charge in [0, 0.05) is 0 Å². The van der Waals surface area contributed by atoms with Crippen LogP contribution in [0.4, 0.5) is 0 Å². The summed E-state index contributed by atoms with van der Waals surface area (Å²) in [5, 5.41) is 15.9. The van der Waals surface area contributed by atoms with E-state index in [4.69, 9.17) is 5.11 Å². The first-order valence-electron chi connectivity index (χ1n) is 3.68. The standard InChI is InChI=1S/C7H5N5O2/c13-7(14)6-3-10-11-12(6)5-1-8-4-9-2-5/h1-4H,(H,13,14). The van der Waals surface area contributed by atoms with Gasteiger partial charge in [-0.05, 0) is 0 Å². The molecule has 0 saturated carbocycles. The fraction of sp³-hybridized carbons (Fsp3) is 0. The highest BCUT2D eigenvalue weighted by Gasteiger charge is 2.12. The average molecular weight is 191 g/mol. The Balaban J connectivity index is 2.52. The van der Waals surface area contributed by atoms with Crippen molar-refractivity contribution in [2.75, 3.05) is 0 Å². The predicted octanol–water partition coefficient (Wildman–Crippen LogP) is -0.245. The lowest BCUT2D eigenvalue weighted by molar-refractivity contribution is 0.0687. The van der Waals surface area contributed by atoms with Crippen molar-refractivity contribution >= 4 is 5.97 Å². The van der Waals surface area contributed by atoms with Crippen LogP contribution < -0.4 is 0 Å². The molecule has 0 unspecified atom stereocenters. The lowest BCUT2D eigenvalue weighted by Gasteiger charge is -1.99. The molecule has 14 heavy (non-hydrogen) atoms. The number of hydrogen-bond acceptors (Lipinski definition) is 5. The number of aromatic nitrogens is 5. The van der Waals surface area contributed by atoms with Crippen molar-refractivity contribution in [1.82, 2.24) is 25.0 Å². The number of aromatic carboxylic acids is 1. The summed E-state index contributed by atoms with van der Waals surface area (Å²) in [7, 11) is 0.